The van der Waals surface area contributed by atoms with Crippen molar-refractivity contribution in [2.75, 3.05) is 66.0 Å². The minimum atomic E-state index is -0.0478. The molecule has 0 spiro atoms. The van der Waals surface area contributed by atoms with Crippen LogP contribution in [0.5, 0.6) is 0 Å². The molecule has 0 heterocycles. The number of rotatable bonds is 16. The molecule has 0 unspecified atom stereocenters. The van der Waals surface area contributed by atoms with E-state index in [2.05, 4.69) is 5.32 Å². The molecule has 1 amide bonds. The summed E-state index contributed by atoms with van der Waals surface area (Å²) >= 11 is 0. The van der Waals surface area contributed by atoms with E-state index in [1.165, 1.54) is 6.92 Å². The molecule has 0 aromatic carbocycles. The lowest BCUT2D eigenvalue weighted by atomic mass is 10.5. The van der Waals surface area contributed by atoms with Crippen molar-refractivity contribution >= 4 is 5.91 Å². The third-order valence-corrected chi connectivity index (χ3v) is 2.42. The number of hydrogen-bond acceptors (Lipinski definition) is 6. The zero-order valence-corrected chi connectivity index (χ0v) is 14.1. The van der Waals surface area contributed by atoms with E-state index in [0.29, 0.717) is 66.0 Å². The summed E-state index contributed by atoms with van der Waals surface area (Å²) in [5.74, 6) is -0.0478. The molecule has 0 aliphatic carbocycles. The van der Waals surface area contributed by atoms with Gasteiger partial charge in [-0.3, -0.25) is 4.79 Å². The Bertz CT molecular complexity index is 250. The Labute approximate surface area is 133 Å². The van der Waals surface area contributed by atoms with Crippen molar-refractivity contribution in [2.24, 2.45) is 0 Å². The van der Waals surface area contributed by atoms with Gasteiger partial charge in [0, 0.05) is 13.5 Å². The SMILES string of the molecule is CC(=O)NCCOCCOCCOCCOCCOC(C)C. The van der Waals surface area contributed by atoms with Crippen molar-refractivity contribution in [3.63, 3.8) is 0 Å². The summed E-state index contributed by atoms with van der Waals surface area (Å²) in [5.41, 5.74) is 0. The molecule has 1 N–H and O–H groups in total. The van der Waals surface area contributed by atoms with E-state index in [0.717, 1.165) is 0 Å². The summed E-state index contributed by atoms with van der Waals surface area (Å²) in [5, 5.41) is 2.65. The topological polar surface area (TPSA) is 75.3 Å². The number of nitrogens with one attached hydrogen (secondary N) is 1. The highest BCUT2D eigenvalue weighted by molar-refractivity contribution is 5.72. The van der Waals surface area contributed by atoms with Crippen molar-refractivity contribution in [1.82, 2.24) is 5.32 Å². The van der Waals surface area contributed by atoms with Gasteiger partial charge in [-0.15, -0.1) is 0 Å². The second kappa shape index (κ2) is 16.6. The molecule has 0 radical (unpaired) electrons. The molecule has 0 atom stereocenters. The minimum absolute atomic E-state index is 0.0478. The molecule has 0 saturated heterocycles. The fraction of sp³-hybridized carbons (Fsp3) is 0.933. The van der Waals surface area contributed by atoms with Crippen LogP contribution in [0.1, 0.15) is 20.8 Å². The Morgan fingerprint density at radius 3 is 1.59 bits per heavy atom. The zero-order chi connectivity index (χ0) is 16.5. The number of carbonyl (C=O) groups is 1. The average molecular weight is 321 g/mol. The van der Waals surface area contributed by atoms with Gasteiger partial charge in [0.25, 0.3) is 0 Å². The highest BCUT2D eigenvalue weighted by Gasteiger charge is 1.95. The second-order valence-electron chi connectivity index (χ2n) is 4.85. The minimum Gasteiger partial charge on any atom is -0.377 e. The lowest BCUT2D eigenvalue weighted by Gasteiger charge is -2.09. The Hall–Kier alpha value is -0.730. The van der Waals surface area contributed by atoms with Crippen LogP contribution >= 0.6 is 0 Å². The number of amides is 1. The van der Waals surface area contributed by atoms with E-state index in [1.54, 1.807) is 0 Å². The molecule has 0 bridgehead atoms. The van der Waals surface area contributed by atoms with Crippen molar-refractivity contribution in [1.29, 1.82) is 0 Å². The Morgan fingerprint density at radius 1 is 0.773 bits per heavy atom. The molecule has 0 aromatic rings. The predicted octanol–water partition coefficient (Wildman–Crippen LogP) is 0.614. The van der Waals surface area contributed by atoms with Crippen molar-refractivity contribution in [3.05, 3.63) is 0 Å². The van der Waals surface area contributed by atoms with Crippen LogP contribution in [0.25, 0.3) is 0 Å². The van der Waals surface area contributed by atoms with Gasteiger partial charge in [0.2, 0.25) is 5.91 Å². The average Bonchev–Trinajstić information content (AvgIpc) is 2.46. The molecular formula is C15H31NO6. The summed E-state index contributed by atoms with van der Waals surface area (Å²) in [7, 11) is 0. The van der Waals surface area contributed by atoms with Crippen LogP contribution in [-0.4, -0.2) is 78.0 Å². The standard InChI is InChI=1S/C15H31NO6/c1-14(2)22-13-12-21-11-10-20-9-8-19-7-6-18-5-4-16-15(3)17/h14H,4-13H2,1-3H3,(H,16,17). The molecule has 0 rings (SSSR count). The molecule has 132 valence electrons. The van der Waals surface area contributed by atoms with Gasteiger partial charge in [0.05, 0.1) is 65.6 Å². The van der Waals surface area contributed by atoms with Gasteiger partial charge < -0.3 is 29.0 Å². The van der Waals surface area contributed by atoms with Gasteiger partial charge in [-0.05, 0) is 13.8 Å². The normalized spacial score (nSPS) is 11.1. The third-order valence-electron chi connectivity index (χ3n) is 2.42. The van der Waals surface area contributed by atoms with Gasteiger partial charge in [-0.2, -0.15) is 0 Å². The zero-order valence-electron chi connectivity index (χ0n) is 14.1. The van der Waals surface area contributed by atoms with Gasteiger partial charge in [0.15, 0.2) is 0 Å². The summed E-state index contributed by atoms with van der Waals surface area (Å²) in [6.07, 6.45) is 0.242. The van der Waals surface area contributed by atoms with E-state index >= 15 is 0 Å². The molecule has 7 nitrogen and oxygen atoms in total. The maximum Gasteiger partial charge on any atom is 0.216 e. The van der Waals surface area contributed by atoms with Crippen LogP contribution in [0.2, 0.25) is 0 Å². The van der Waals surface area contributed by atoms with E-state index in [4.69, 9.17) is 23.7 Å². The van der Waals surface area contributed by atoms with Crippen LogP contribution in [0.4, 0.5) is 0 Å². The Morgan fingerprint density at radius 2 is 1.18 bits per heavy atom. The maximum atomic E-state index is 10.6. The summed E-state index contributed by atoms with van der Waals surface area (Å²) < 4.78 is 26.6. The molecule has 22 heavy (non-hydrogen) atoms. The summed E-state index contributed by atoms with van der Waals surface area (Å²) in [6, 6.07) is 0. The largest absolute Gasteiger partial charge is 0.377 e. The van der Waals surface area contributed by atoms with Gasteiger partial charge in [0.1, 0.15) is 0 Å². The first-order valence-electron chi connectivity index (χ1n) is 7.80. The number of carbonyl (C=O) groups excluding carboxylic acids is 1. The fourth-order valence-electron chi connectivity index (χ4n) is 1.40. The monoisotopic (exact) mass is 321 g/mol. The van der Waals surface area contributed by atoms with Gasteiger partial charge in [-0.1, -0.05) is 0 Å². The van der Waals surface area contributed by atoms with Crippen molar-refractivity contribution in [3.8, 4) is 0 Å². The smallest absolute Gasteiger partial charge is 0.216 e. The first-order valence-corrected chi connectivity index (χ1v) is 7.80. The van der Waals surface area contributed by atoms with Crippen LogP contribution in [0.15, 0.2) is 0 Å². The molecule has 7 heteroatoms. The summed E-state index contributed by atoms with van der Waals surface area (Å²) in [4.78, 5) is 10.6. The number of hydrogen-bond donors (Lipinski definition) is 1. The number of ether oxygens (including phenoxy) is 5. The molecule has 0 aromatic heterocycles. The molecule has 0 fully saturated rings. The summed E-state index contributed by atoms with van der Waals surface area (Å²) in [6.45, 7) is 10.9. The Balaban J connectivity index is 2.98. The highest BCUT2D eigenvalue weighted by atomic mass is 16.6. The molecule has 0 saturated carbocycles. The lowest BCUT2D eigenvalue weighted by Crippen LogP contribution is -2.25. The van der Waals surface area contributed by atoms with E-state index in [9.17, 15) is 4.79 Å². The first kappa shape index (κ1) is 21.3. The van der Waals surface area contributed by atoms with Crippen LogP contribution in [0.3, 0.4) is 0 Å². The third kappa shape index (κ3) is 19.3. The van der Waals surface area contributed by atoms with Crippen LogP contribution < -0.4 is 5.32 Å². The first-order chi connectivity index (χ1) is 10.6. The van der Waals surface area contributed by atoms with Crippen LogP contribution in [-0.2, 0) is 28.5 Å². The molecular weight excluding hydrogens is 290 g/mol. The van der Waals surface area contributed by atoms with E-state index in [-0.39, 0.29) is 12.0 Å². The maximum absolute atomic E-state index is 10.6. The van der Waals surface area contributed by atoms with E-state index < -0.39 is 0 Å². The quantitative estimate of drug-likeness (QED) is 0.420. The fourth-order valence-corrected chi connectivity index (χ4v) is 1.40. The van der Waals surface area contributed by atoms with E-state index in [1.807, 2.05) is 13.8 Å². The second-order valence-corrected chi connectivity index (χ2v) is 4.85. The van der Waals surface area contributed by atoms with Crippen molar-refractivity contribution in [2.45, 2.75) is 26.9 Å². The highest BCUT2D eigenvalue weighted by Crippen LogP contribution is 1.87. The van der Waals surface area contributed by atoms with Crippen LogP contribution in [0, 0.1) is 0 Å². The predicted molar refractivity (Wildman–Crippen MR) is 83.0 cm³/mol. The molecule has 0 aliphatic heterocycles. The van der Waals surface area contributed by atoms with Gasteiger partial charge >= 0.3 is 0 Å². The Kier molecular flexibility index (Phi) is 16.1. The van der Waals surface area contributed by atoms with Crippen molar-refractivity contribution < 1.29 is 28.5 Å². The van der Waals surface area contributed by atoms with Gasteiger partial charge in [-0.25, -0.2) is 0 Å². The molecule has 0 aliphatic rings. The lowest BCUT2D eigenvalue weighted by molar-refractivity contribution is -0.119.